The van der Waals surface area contributed by atoms with Crippen LogP contribution in [-0.2, 0) is 0 Å². The third-order valence-electron chi connectivity index (χ3n) is 5.67. The highest BCUT2D eigenvalue weighted by molar-refractivity contribution is 6.29. The highest BCUT2D eigenvalue weighted by Gasteiger charge is 2.29. The summed E-state index contributed by atoms with van der Waals surface area (Å²) in [5.74, 6) is -0.256. The van der Waals surface area contributed by atoms with Gasteiger partial charge < -0.3 is 0 Å². The molecule has 4 nitrogen and oxygen atoms in total. The molecule has 2 aliphatic carbocycles. The van der Waals surface area contributed by atoms with Gasteiger partial charge in [0.25, 0.3) is 0 Å². The van der Waals surface area contributed by atoms with Crippen LogP contribution in [0.3, 0.4) is 0 Å². The Bertz CT molecular complexity index is 1130. The number of carbonyl (C=O) groups excluding carboxylic acids is 4. The highest BCUT2D eigenvalue weighted by Crippen LogP contribution is 2.27. The summed E-state index contributed by atoms with van der Waals surface area (Å²) in [7, 11) is 0. The van der Waals surface area contributed by atoms with E-state index < -0.39 is 0 Å². The summed E-state index contributed by atoms with van der Waals surface area (Å²) in [6, 6.07) is 27.8. The molecule has 0 saturated carbocycles. The van der Waals surface area contributed by atoms with E-state index in [1.165, 1.54) is 0 Å². The number of ketones is 4. The van der Waals surface area contributed by atoms with Crippen LogP contribution in [0.2, 0.25) is 0 Å². The minimum absolute atomic E-state index is 0. The highest BCUT2D eigenvalue weighted by atomic mass is 16.1. The van der Waals surface area contributed by atoms with E-state index in [2.05, 4.69) is 0 Å². The number of rotatable bonds is 0. The predicted molar refractivity (Wildman–Crippen MR) is 122 cm³/mol. The molecule has 0 radical (unpaired) electrons. The summed E-state index contributed by atoms with van der Waals surface area (Å²) in [5, 5.41) is 0. The molecule has 4 aromatic carbocycles. The summed E-state index contributed by atoms with van der Waals surface area (Å²) in [6.07, 6.45) is 0. The Morgan fingerprint density at radius 1 is 0.281 bits per heavy atom. The average molecular weight is 418 g/mol. The van der Waals surface area contributed by atoms with Gasteiger partial charge in [0.2, 0.25) is 0 Å². The van der Waals surface area contributed by atoms with Crippen molar-refractivity contribution in [2.24, 2.45) is 0 Å². The molecule has 0 heterocycles. The van der Waals surface area contributed by atoms with Gasteiger partial charge in [-0.1, -0.05) is 97.1 Å². The summed E-state index contributed by atoms with van der Waals surface area (Å²) < 4.78 is 0. The standard InChI is InChI=1S/2C14H8O2/c2*15-13-9-5-1-2-6-10(9)14(16)12-8-4-3-7-11(12)13/h2*1-8H/p+2. The van der Waals surface area contributed by atoms with E-state index in [4.69, 9.17) is 0 Å². The summed E-state index contributed by atoms with van der Waals surface area (Å²) in [6.45, 7) is 0. The van der Waals surface area contributed by atoms with Gasteiger partial charge in [-0.2, -0.15) is 0 Å². The molecule has 0 amide bonds. The van der Waals surface area contributed by atoms with Crippen LogP contribution in [0.1, 0.15) is 66.5 Å². The first-order chi connectivity index (χ1) is 15.6. The van der Waals surface area contributed by atoms with Crippen LogP contribution >= 0.6 is 0 Å². The molecule has 32 heavy (non-hydrogen) atoms. The Balaban J connectivity index is 0.000000180. The van der Waals surface area contributed by atoms with Crippen molar-refractivity contribution in [3.05, 3.63) is 142 Å². The van der Waals surface area contributed by atoms with E-state index in [9.17, 15) is 19.2 Å². The smallest absolute Gasteiger partial charge is 0.289 e. The van der Waals surface area contributed by atoms with Crippen LogP contribution in [0.4, 0.5) is 0 Å². The number of hydrogen-bond acceptors (Lipinski definition) is 4. The van der Waals surface area contributed by atoms with Crippen LogP contribution in [0.25, 0.3) is 0 Å². The third kappa shape index (κ3) is 3.01. The van der Waals surface area contributed by atoms with E-state index in [0.29, 0.717) is 44.5 Å². The molecule has 4 heteroatoms. The Morgan fingerprint density at radius 3 is 0.531 bits per heavy atom. The zero-order valence-electron chi connectivity index (χ0n) is 18.9. The van der Waals surface area contributed by atoms with Gasteiger partial charge in [0.1, 0.15) is 0 Å². The Morgan fingerprint density at radius 2 is 0.406 bits per heavy atom. The van der Waals surface area contributed by atoms with Gasteiger partial charge in [0.15, 0.2) is 23.1 Å². The monoisotopic (exact) mass is 418 g/mol. The molecule has 4 aromatic rings. The first-order valence-electron chi connectivity index (χ1n) is 10.1. The molecule has 0 spiro atoms. The van der Waals surface area contributed by atoms with Crippen molar-refractivity contribution in [2.45, 2.75) is 0 Å². The lowest BCUT2D eigenvalue weighted by molar-refractivity contribution is 0.0979. The van der Waals surface area contributed by atoms with Crippen LogP contribution in [0, 0.1) is 0 Å². The molecule has 0 N–H and O–H groups in total. The minimum atomic E-state index is -0.0641. The number of carbonyl (C=O) groups is 4. The van der Waals surface area contributed by atoms with Gasteiger partial charge in [-0.05, 0) is 0 Å². The molecule has 152 valence electrons. The molecule has 0 fully saturated rings. The number of benzene rings is 4. The molecule has 0 unspecified atom stereocenters. The van der Waals surface area contributed by atoms with Crippen molar-refractivity contribution in [3.63, 3.8) is 0 Å². The lowest BCUT2D eigenvalue weighted by Crippen LogP contribution is -2.20. The van der Waals surface area contributed by atoms with Crippen molar-refractivity contribution in [3.8, 4) is 0 Å². The van der Waals surface area contributed by atoms with E-state index in [-0.39, 0.29) is 26.0 Å². The van der Waals surface area contributed by atoms with Crippen molar-refractivity contribution in [1.29, 1.82) is 0 Å². The second-order valence-electron chi connectivity index (χ2n) is 7.50. The molecular formula is C28H18O4+2. The van der Waals surface area contributed by atoms with Crippen molar-refractivity contribution < 1.29 is 22.0 Å². The molecular weight excluding hydrogens is 400 g/mol. The van der Waals surface area contributed by atoms with Crippen LogP contribution < -0.4 is 0 Å². The molecule has 0 saturated heterocycles. The maximum absolute atomic E-state index is 12.1. The van der Waals surface area contributed by atoms with E-state index in [0.717, 1.165) is 0 Å². The third-order valence-corrected chi connectivity index (χ3v) is 5.67. The van der Waals surface area contributed by atoms with Gasteiger partial charge >= 0.3 is 2.85 Å². The maximum atomic E-state index is 12.1. The van der Waals surface area contributed by atoms with Gasteiger partial charge in [0, 0.05) is 44.5 Å². The van der Waals surface area contributed by atoms with Crippen molar-refractivity contribution in [2.75, 3.05) is 0 Å². The molecule has 6 rings (SSSR count). The van der Waals surface area contributed by atoms with Crippen molar-refractivity contribution >= 4 is 23.1 Å². The summed E-state index contributed by atoms with van der Waals surface area (Å²) >= 11 is 0. The predicted octanol–water partition coefficient (Wildman–Crippen LogP) is 5.15. The first-order valence-corrected chi connectivity index (χ1v) is 10.1. The number of fused-ring (bicyclic) bond motifs is 4. The summed E-state index contributed by atoms with van der Waals surface area (Å²) in [5.41, 5.74) is 4.05. The Labute approximate surface area is 187 Å². The maximum Gasteiger partial charge on any atom is 1.00 e. The zero-order chi connectivity index (χ0) is 22.2. The topological polar surface area (TPSA) is 68.3 Å². The van der Waals surface area contributed by atoms with Gasteiger partial charge in [-0.3, -0.25) is 19.2 Å². The average Bonchev–Trinajstić information content (AvgIpc) is 2.86. The zero-order valence-corrected chi connectivity index (χ0v) is 16.9. The Kier molecular flexibility index (Phi) is 4.68. The van der Waals surface area contributed by atoms with Crippen molar-refractivity contribution in [1.82, 2.24) is 0 Å². The summed E-state index contributed by atoms with van der Waals surface area (Å²) in [4.78, 5) is 48.4. The number of hydrogen-bond donors (Lipinski definition) is 0. The molecule has 0 aromatic heterocycles. The van der Waals surface area contributed by atoms with E-state index >= 15 is 0 Å². The van der Waals surface area contributed by atoms with Crippen LogP contribution in [0.15, 0.2) is 97.1 Å². The normalized spacial score (nSPS) is 13.2. The second kappa shape index (κ2) is 7.67. The van der Waals surface area contributed by atoms with Gasteiger partial charge in [-0.15, -0.1) is 0 Å². The largest absolute Gasteiger partial charge is 1.00 e. The molecule has 2 aliphatic rings. The fourth-order valence-corrected chi connectivity index (χ4v) is 4.10. The molecule has 0 atom stereocenters. The molecule has 0 bridgehead atoms. The van der Waals surface area contributed by atoms with Crippen LogP contribution in [0.5, 0.6) is 0 Å². The Hall–Kier alpha value is -4.44. The van der Waals surface area contributed by atoms with Gasteiger partial charge in [-0.25, -0.2) is 0 Å². The minimum Gasteiger partial charge on any atom is -0.289 e. The lowest BCUT2D eigenvalue weighted by Gasteiger charge is -2.16. The molecule has 0 aliphatic heterocycles. The lowest BCUT2D eigenvalue weighted by atomic mass is 9.84. The fraction of sp³-hybridized carbons (Fsp3) is 0. The first kappa shape index (κ1) is 19.5. The fourth-order valence-electron chi connectivity index (χ4n) is 4.10. The van der Waals surface area contributed by atoms with E-state index in [1.807, 2.05) is 0 Å². The van der Waals surface area contributed by atoms with E-state index in [1.54, 1.807) is 97.1 Å². The van der Waals surface area contributed by atoms with Crippen LogP contribution in [-0.4, -0.2) is 23.1 Å². The van der Waals surface area contributed by atoms with Gasteiger partial charge in [0.05, 0.1) is 0 Å². The SMILES string of the molecule is O=C1c2ccccc2C(=O)c2ccccc21.O=C1c2ccccc2C(=O)c2ccccc21.[H+].[H+]. The second-order valence-corrected chi connectivity index (χ2v) is 7.50. The quantitative estimate of drug-likeness (QED) is 0.342.